The highest BCUT2D eigenvalue weighted by molar-refractivity contribution is 5.82. The molecule has 1 aromatic carbocycles. The van der Waals surface area contributed by atoms with Gasteiger partial charge < -0.3 is 16.0 Å². The van der Waals surface area contributed by atoms with Gasteiger partial charge in [0.1, 0.15) is 0 Å². The topological polar surface area (TPSA) is 58.4 Å². The van der Waals surface area contributed by atoms with Crippen LogP contribution < -0.4 is 11.1 Å². The molecule has 1 amide bonds. The molecule has 1 atom stereocenters. The number of hydrogen-bond acceptors (Lipinski definition) is 3. The average Bonchev–Trinajstić information content (AvgIpc) is 2.49. The molecule has 0 aromatic heterocycles. The van der Waals surface area contributed by atoms with E-state index in [9.17, 15) is 4.79 Å². The van der Waals surface area contributed by atoms with Gasteiger partial charge in [0.2, 0.25) is 5.91 Å². The first-order valence-corrected chi connectivity index (χ1v) is 7.47. The molecule has 0 saturated carbocycles. The summed E-state index contributed by atoms with van der Waals surface area (Å²) in [7, 11) is 0. The summed E-state index contributed by atoms with van der Waals surface area (Å²) in [5, 5.41) is 3.27. The Morgan fingerprint density at radius 2 is 1.90 bits per heavy atom. The van der Waals surface area contributed by atoms with Crippen molar-refractivity contribution >= 4 is 5.91 Å². The Morgan fingerprint density at radius 1 is 1.25 bits per heavy atom. The summed E-state index contributed by atoms with van der Waals surface area (Å²) >= 11 is 0. The van der Waals surface area contributed by atoms with Crippen molar-refractivity contribution in [2.75, 3.05) is 19.6 Å². The maximum absolute atomic E-state index is 12.1. The number of likely N-dealkylation sites (tertiary alicyclic amines) is 1. The number of carbonyl (C=O) groups is 1. The van der Waals surface area contributed by atoms with Gasteiger partial charge in [-0.25, -0.2) is 0 Å². The summed E-state index contributed by atoms with van der Waals surface area (Å²) in [6.45, 7) is 5.09. The minimum Gasteiger partial charge on any atom is -0.341 e. The second kappa shape index (κ2) is 7.41. The Balaban J connectivity index is 1.72. The summed E-state index contributed by atoms with van der Waals surface area (Å²) in [6, 6.07) is 7.95. The minimum absolute atomic E-state index is 0.0844. The van der Waals surface area contributed by atoms with Gasteiger partial charge in [0, 0.05) is 26.2 Å². The minimum atomic E-state index is -0.432. The van der Waals surface area contributed by atoms with Gasteiger partial charge in [0.25, 0.3) is 0 Å². The summed E-state index contributed by atoms with van der Waals surface area (Å²) < 4.78 is 0. The number of hydrogen-bond donors (Lipinski definition) is 2. The number of amides is 1. The van der Waals surface area contributed by atoms with Crippen LogP contribution in [0.5, 0.6) is 0 Å². The third-order valence-electron chi connectivity index (χ3n) is 3.80. The van der Waals surface area contributed by atoms with Gasteiger partial charge in [-0.15, -0.1) is 0 Å². The van der Waals surface area contributed by atoms with Crippen LogP contribution in [0.1, 0.15) is 30.4 Å². The summed E-state index contributed by atoms with van der Waals surface area (Å²) in [5.74, 6) is 0.0844. The van der Waals surface area contributed by atoms with E-state index in [-0.39, 0.29) is 5.91 Å². The number of benzene rings is 1. The molecule has 1 aromatic rings. The van der Waals surface area contributed by atoms with Crippen molar-refractivity contribution in [3.05, 3.63) is 35.4 Å². The molecule has 110 valence electrons. The lowest BCUT2D eigenvalue weighted by molar-refractivity contribution is -0.133. The molecule has 0 aliphatic carbocycles. The molecule has 3 N–H and O–H groups in total. The van der Waals surface area contributed by atoms with E-state index in [1.807, 2.05) is 4.90 Å². The second-order valence-electron chi connectivity index (χ2n) is 5.61. The third-order valence-corrected chi connectivity index (χ3v) is 3.80. The highest BCUT2D eigenvalue weighted by atomic mass is 16.2. The number of aryl methyl sites for hydroxylation is 1. The quantitative estimate of drug-likeness (QED) is 0.854. The van der Waals surface area contributed by atoms with Crippen molar-refractivity contribution in [2.24, 2.45) is 5.73 Å². The molecule has 1 aliphatic heterocycles. The van der Waals surface area contributed by atoms with E-state index in [1.54, 1.807) is 0 Å². The van der Waals surface area contributed by atoms with Gasteiger partial charge >= 0.3 is 0 Å². The second-order valence-corrected chi connectivity index (χ2v) is 5.61. The van der Waals surface area contributed by atoms with Crippen molar-refractivity contribution in [3.8, 4) is 0 Å². The Labute approximate surface area is 121 Å². The van der Waals surface area contributed by atoms with Crippen LogP contribution in [0, 0.1) is 6.92 Å². The largest absolute Gasteiger partial charge is 0.341 e. The van der Waals surface area contributed by atoms with E-state index >= 15 is 0 Å². The molecule has 1 aliphatic rings. The maximum atomic E-state index is 12.1. The molecule has 1 fully saturated rings. The Kier molecular flexibility index (Phi) is 5.56. The Morgan fingerprint density at radius 3 is 2.55 bits per heavy atom. The normalized spacial score (nSPS) is 17.0. The number of nitrogens with one attached hydrogen (secondary N) is 1. The number of nitrogens with two attached hydrogens (primary N) is 1. The van der Waals surface area contributed by atoms with Gasteiger partial charge in [-0.2, -0.15) is 0 Å². The molecule has 20 heavy (non-hydrogen) atoms. The zero-order chi connectivity index (χ0) is 14.4. The van der Waals surface area contributed by atoms with Crippen LogP contribution in [0.2, 0.25) is 0 Å². The van der Waals surface area contributed by atoms with Crippen molar-refractivity contribution in [1.82, 2.24) is 10.2 Å². The zero-order valence-electron chi connectivity index (χ0n) is 12.3. The van der Waals surface area contributed by atoms with E-state index in [0.29, 0.717) is 6.54 Å². The van der Waals surface area contributed by atoms with Crippen LogP contribution in [0.4, 0.5) is 0 Å². The number of piperidine rings is 1. The molecule has 1 heterocycles. The van der Waals surface area contributed by atoms with E-state index in [0.717, 1.165) is 32.5 Å². The lowest BCUT2D eigenvalue weighted by Crippen LogP contribution is -2.50. The molecule has 4 heteroatoms. The van der Waals surface area contributed by atoms with E-state index < -0.39 is 6.04 Å². The van der Waals surface area contributed by atoms with Crippen molar-refractivity contribution in [2.45, 2.75) is 38.8 Å². The molecule has 2 rings (SSSR count). The highest BCUT2D eigenvalue weighted by Gasteiger charge is 2.21. The van der Waals surface area contributed by atoms with Crippen LogP contribution in [0.25, 0.3) is 0 Å². The van der Waals surface area contributed by atoms with Crippen molar-refractivity contribution in [3.63, 3.8) is 0 Å². The smallest absolute Gasteiger partial charge is 0.240 e. The van der Waals surface area contributed by atoms with Crippen molar-refractivity contribution in [1.29, 1.82) is 0 Å². The lowest BCUT2D eigenvalue weighted by Gasteiger charge is -2.29. The van der Waals surface area contributed by atoms with Crippen LogP contribution in [-0.4, -0.2) is 36.5 Å². The monoisotopic (exact) mass is 275 g/mol. The standard InChI is InChI=1S/C16H25N3O/c1-13-5-7-14(8-6-13)11-18-12-15(17)16(20)19-9-3-2-4-10-19/h5-8,15,18H,2-4,9-12,17H2,1H3. The molecule has 4 nitrogen and oxygen atoms in total. The lowest BCUT2D eigenvalue weighted by atomic mass is 10.1. The van der Waals surface area contributed by atoms with Crippen LogP contribution in [-0.2, 0) is 11.3 Å². The average molecular weight is 275 g/mol. The molecule has 0 spiro atoms. The highest BCUT2D eigenvalue weighted by Crippen LogP contribution is 2.09. The zero-order valence-corrected chi connectivity index (χ0v) is 12.3. The molecule has 1 saturated heterocycles. The van der Waals surface area contributed by atoms with Crippen LogP contribution in [0.3, 0.4) is 0 Å². The molecular weight excluding hydrogens is 250 g/mol. The first-order valence-electron chi connectivity index (χ1n) is 7.47. The molecule has 1 unspecified atom stereocenters. The van der Waals surface area contributed by atoms with Gasteiger partial charge in [-0.05, 0) is 31.7 Å². The summed E-state index contributed by atoms with van der Waals surface area (Å²) in [5.41, 5.74) is 8.45. The SMILES string of the molecule is Cc1ccc(CNCC(N)C(=O)N2CCCCC2)cc1. The van der Waals surface area contributed by atoms with E-state index in [2.05, 4.69) is 36.5 Å². The first-order chi connectivity index (χ1) is 9.66. The number of rotatable bonds is 5. The molecule has 0 radical (unpaired) electrons. The summed E-state index contributed by atoms with van der Waals surface area (Å²) in [6.07, 6.45) is 3.44. The molecule has 0 bridgehead atoms. The van der Waals surface area contributed by atoms with Crippen molar-refractivity contribution < 1.29 is 4.79 Å². The Bertz CT molecular complexity index is 424. The summed E-state index contributed by atoms with van der Waals surface area (Å²) in [4.78, 5) is 14.1. The van der Waals surface area contributed by atoms with Crippen LogP contribution in [0.15, 0.2) is 24.3 Å². The van der Waals surface area contributed by atoms with Gasteiger partial charge in [0.15, 0.2) is 0 Å². The first kappa shape index (κ1) is 15.0. The Hall–Kier alpha value is -1.39. The fourth-order valence-electron chi connectivity index (χ4n) is 2.51. The predicted octanol–water partition coefficient (Wildman–Crippen LogP) is 1.42. The predicted molar refractivity (Wildman–Crippen MR) is 81.3 cm³/mol. The third kappa shape index (κ3) is 4.32. The van der Waals surface area contributed by atoms with Gasteiger partial charge in [-0.1, -0.05) is 29.8 Å². The fraction of sp³-hybridized carbons (Fsp3) is 0.562. The maximum Gasteiger partial charge on any atom is 0.240 e. The van der Waals surface area contributed by atoms with E-state index in [4.69, 9.17) is 5.73 Å². The molecular formula is C16H25N3O. The van der Waals surface area contributed by atoms with Gasteiger partial charge in [-0.3, -0.25) is 4.79 Å². The number of nitrogens with zero attached hydrogens (tertiary/aromatic N) is 1. The fourth-order valence-corrected chi connectivity index (χ4v) is 2.51. The van der Waals surface area contributed by atoms with Crippen LogP contribution >= 0.6 is 0 Å². The van der Waals surface area contributed by atoms with E-state index in [1.165, 1.54) is 17.5 Å². The number of carbonyl (C=O) groups excluding carboxylic acids is 1. The van der Waals surface area contributed by atoms with Gasteiger partial charge in [0.05, 0.1) is 6.04 Å².